The van der Waals surface area contributed by atoms with Crippen LogP contribution in [-0.4, -0.2) is 41.0 Å². The van der Waals surface area contributed by atoms with Crippen LogP contribution in [0.1, 0.15) is 18.4 Å². The number of hydrogen-bond donors (Lipinski definition) is 0. The number of para-hydroxylation sites is 1. The summed E-state index contributed by atoms with van der Waals surface area (Å²) in [6.07, 6.45) is 6.11. The van der Waals surface area contributed by atoms with Crippen LogP contribution in [-0.2, 0) is 9.53 Å². The molecule has 0 saturated carbocycles. The van der Waals surface area contributed by atoms with Gasteiger partial charge in [0.2, 0.25) is 0 Å². The first kappa shape index (κ1) is 15.9. The fourth-order valence-electron chi connectivity index (χ4n) is 3.03. The third-order valence-corrected chi connectivity index (χ3v) is 5.63. The lowest BCUT2D eigenvalue weighted by atomic mass is 10.1. The van der Waals surface area contributed by atoms with E-state index in [2.05, 4.69) is 6.08 Å². The van der Waals surface area contributed by atoms with Crippen LogP contribution in [0.3, 0.4) is 0 Å². The van der Waals surface area contributed by atoms with E-state index in [1.807, 2.05) is 30.3 Å². The zero-order chi connectivity index (χ0) is 16.5. The van der Waals surface area contributed by atoms with Gasteiger partial charge in [-0.3, -0.25) is 9.69 Å². The van der Waals surface area contributed by atoms with Crippen molar-refractivity contribution in [2.75, 3.05) is 19.8 Å². The molecule has 0 aromatic heterocycles. The minimum Gasteiger partial charge on any atom is -0.488 e. The van der Waals surface area contributed by atoms with Gasteiger partial charge in [0.15, 0.2) is 0 Å². The Labute approximate surface area is 150 Å². The SMILES string of the molecule is O=C1/C(=C\C2=Cc3ccccc3OC2)SC(=S)N1C[C@@H]1CCCO1. The van der Waals surface area contributed by atoms with Crippen molar-refractivity contribution in [3.05, 3.63) is 46.4 Å². The molecule has 2 fully saturated rings. The molecule has 0 unspecified atom stereocenters. The van der Waals surface area contributed by atoms with Crippen molar-refractivity contribution in [2.24, 2.45) is 0 Å². The second-order valence-corrected chi connectivity index (χ2v) is 7.65. The molecule has 4 rings (SSSR count). The Balaban J connectivity index is 1.52. The van der Waals surface area contributed by atoms with Crippen LogP contribution in [0.5, 0.6) is 5.75 Å². The number of nitrogens with zero attached hydrogens (tertiary/aromatic N) is 1. The molecular formula is C18H17NO3S2. The minimum absolute atomic E-state index is 0.0275. The number of rotatable bonds is 3. The van der Waals surface area contributed by atoms with Gasteiger partial charge in [-0.2, -0.15) is 0 Å². The van der Waals surface area contributed by atoms with Gasteiger partial charge in [-0.15, -0.1) is 0 Å². The Morgan fingerprint density at radius 2 is 2.25 bits per heavy atom. The van der Waals surface area contributed by atoms with Gasteiger partial charge in [0.1, 0.15) is 16.7 Å². The summed E-state index contributed by atoms with van der Waals surface area (Å²) in [7, 11) is 0. The molecular weight excluding hydrogens is 342 g/mol. The van der Waals surface area contributed by atoms with Gasteiger partial charge in [0.25, 0.3) is 5.91 Å². The fourth-order valence-corrected chi connectivity index (χ4v) is 4.33. The largest absolute Gasteiger partial charge is 0.488 e. The normalized spacial score (nSPS) is 25.0. The first-order valence-electron chi connectivity index (χ1n) is 8.00. The summed E-state index contributed by atoms with van der Waals surface area (Å²) >= 11 is 6.74. The van der Waals surface area contributed by atoms with Crippen molar-refractivity contribution in [3.8, 4) is 5.75 Å². The number of thioether (sulfide) groups is 1. The number of fused-ring (bicyclic) bond motifs is 1. The van der Waals surface area contributed by atoms with Crippen molar-refractivity contribution in [3.63, 3.8) is 0 Å². The van der Waals surface area contributed by atoms with E-state index in [1.165, 1.54) is 11.8 Å². The smallest absolute Gasteiger partial charge is 0.266 e. The number of amides is 1. The van der Waals surface area contributed by atoms with Crippen molar-refractivity contribution in [1.29, 1.82) is 0 Å². The second-order valence-electron chi connectivity index (χ2n) is 5.97. The van der Waals surface area contributed by atoms with E-state index in [-0.39, 0.29) is 12.0 Å². The van der Waals surface area contributed by atoms with E-state index in [9.17, 15) is 4.79 Å². The van der Waals surface area contributed by atoms with Crippen LogP contribution in [0, 0.1) is 0 Å². The zero-order valence-electron chi connectivity index (χ0n) is 13.1. The zero-order valence-corrected chi connectivity index (χ0v) is 14.7. The Bertz CT molecular complexity index is 750. The standard InChI is InChI=1S/C18H17NO3S2/c20-17-16(24-18(23)19(17)10-14-5-3-7-21-14)9-12-8-13-4-1-2-6-15(13)22-11-12/h1-2,4,6,8-9,14H,3,5,7,10-11H2/b16-9+/t14-/m0/s1. The molecule has 0 aliphatic carbocycles. The molecule has 0 bridgehead atoms. The van der Waals surface area contributed by atoms with E-state index < -0.39 is 0 Å². The maximum atomic E-state index is 12.6. The molecule has 124 valence electrons. The van der Waals surface area contributed by atoms with E-state index >= 15 is 0 Å². The van der Waals surface area contributed by atoms with Gasteiger partial charge < -0.3 is 9.47 Å². The highest BCUT2D eigenvalue weighted by Gasteiger charge is 2.34. The minimum atomic E-state index is -0.0275. The molecule has 4 nitrogen and oxygen atoms in total. The van der Waals surface area contributed by atoms with Crippen LogP contribution in [0.2, 0.25) is 0 Å². The molecule has 1 aromatic carbocycles. The third kappa shape index (κ3) is 3.14. The molecule has 3 aliphatic rings. The van der Waals surface area contributed by atoms with Crippen LogP contribution < -0.4 is 4.74 Å². The summed E-state index contributed by atoms with van der Waals surface area (Å²) < 4.78 is 12.0. The van der Waals surface area contributed by atoms with Gasteiger partial charge >= 0.3 is 0 Å². The summed E-state index contributed by atoms with van der Waals surface area (Å²) in [5, 5.41) is 0. The third-order valence-electron chi connectivity index (χ3n) is 4.25. The summed E-state index contributed by atoms with van der Waals surface area (Å²) in [6.45, 7) is 1.80. The molecule has 1 atom stereocenters. The quantitative estimate of drug-likeness (QED) is 0.611. The predicted octanol–water partition coefficient (Wildman–Crippen LogP) is 3.39. The van der Waals surface area contributed by atoms with Crippen molar-refractivity contribution >= 4 is 40.3 Å². The van der Waals surface area contributed by atoms with Crippen LogP contribution in [0.15, 0.2) is 40.8 Å². The molecule has 2 saturated heterocycles. The number of ether oxygens (including phenoxy) is 2. The van der Waals surface area contributed by atoms with Gasteiger partial charge in [-0.05, 0) is 36.6 Å². The monoisotopic (exact) mass is 359 g/mol. The summed E-state index contributed by atoms with van der Waals surface area (Å²) in [4.78, 5) is 15.0. The van der Waals surface area contributed by atoms with E-state index in [4.69, 9.17) is 21.7 Å². The molecule has 0 N–H and O–H groups in total. The first-order chi connectivity index (χ1) is 11.7. The number of hydrogen-bond acceptors (Lipinski definition) is 5. The van der Waals surface area contributed by atoms with E-state index in [0.29, 0.717) is 22.4 Å². The average molecular weight is 359 g/mol. The Morgan fingerprint density at radius 1 is 1.38 bits per heavy atom. The van der Waals surface area contributed by atoms with Crippen LogP contribution >= 0.6 is 24.0 Å². The van der Waals surface area contributed by atoms with Crippen LogP contribution in [0.4, 0.5) is 0 Å². The van der Waals surface area contributed by atoms with Gasteiger partial charge in [0, 0.05) is 12.2 Å². The van der Waals surface area contributed by atoms with Crippen molar-refractivity contribution < 1.29 is 14.3 Å². The van der Waals surface area contributed by atoms with Crippen molar-refractivity contribution in [1.82, 2.24) is 4.90 Å². The molecule has 24 heavy (non-hydrogen) atoms. The number of carbonyl (C=O) groups is 1. The Kier molecular flexibility index (Phi) is 4.43. The van der Waals surface area contributed by atoms with Crippen LogP contribution in [0.25, 0.3) is 6.08 Å². The highest BCUT2D eigenvalue weighted by molar-refractivity contribution is 8.26. The lowest BCUT2D eigenvalue weighted by molar-refractivity contribution is -0.123. The highest BCUT2D eigenvalue weighted by Crippen LogP contribution is 2.34. The Morgan fingerprint density at radius 3 is 3.08 bits per heavy atom. The summed E-state index contributed by atoms with van der Waals surface area (Å²) in [5.41, 5.74) is 2.01. The highest BCUT2D eigenvalue weighted by atomic mass is 32.2. The molecule has 3 aliphatic heterocycles. The number of carbonyl (C=O) groups excluding carboxylic acids is 1. The van der Waals surface area contributed by atoms with Gasteiger partial charge in [-0.1, -0.05) is 42.2 Å². The lowest BCUT2D eigenvalue weighted by Crippen LogP contribution is -2.35. The number of thiocarbonyl (C=S) groups is 1. The molecule has 0 spiro atoms. The lowest BCUT2D eigenvalue weighted by Gasteiger charge is -2.18. The second kappa shape index (κ2) is 6.70. The summed E-state index contributed by atoms with van der Waals surface area (Å²) in [5.74, 6) is 0.848. The molecule has 6 heteroatoms. The topological polar surface area (TPSA) is 38.8 Å². The maximum absolute atomic E-state index is 12.6. The molecule has 1 aromatic rings. The molecule has 1 amide bonds. The predicted molar refractivity (Wildman–Crippen MR) is 98.9 cm³/mol. The molecule has 3 heterocycles. The maximum Gasteiger partial charge on any atom is 0.266 e. The first-order valence-corrected chi connectivity index (χ1v) is 9.22. The fraction of sp³-hybridized carbons (Fsp3) is 0.333. The van der Waals surface area contributed by atoms with Crippen molar-refractivity contribution in [2.45, 2.75) is 18.9 Å². The van der Waals surface area contributed by atoms with Gasteiger partial charge in [-0.25, -0.2) is 0 Å². The number of benzene rings is 1. The average Bonchev–Trinajstić information content (AvgIpc) is 3.19. The van der Waals surface area contributed by atoms with E-state index in [1.54, 1.807) is 4.90 Å². The van der Waals surface area contributed by atoms with E-state index in [0.717, 1.165) is 36.3 Å². The Hall–Kier alpha value is -1.63. The van der Waals surface area contributed by atoms with Gasteiger partial charge in [0.05, 0.1) is 17.6 Å². The molecule has 0 radical (unpaired) electrons. The summed E-state index contributed by atoms with van der Waals surface area (Å²) in [6, 6.07) is 7.88.